The van der Waals surface area contributed by atoms with Crippen molar-refractivity contribution in [2.45, 2.75) is 239 Å². The first-order valence-corrected chi connectivity index (χ1v) is 23.7. The molecule has 0 radical (unpaired) electrons. The fourth-order valence-corrected chi connectivity index (χ4v) is 7.81. The van der Waals surface area contributed by atoms with Crippen LogP contribution in [0, 0.1) is 0 Å². The first-order chi connectivity index (χ1) is 26.1. The summed E-state index contributed by atoms with van der Waals surface area (Å²) >= 11 is 0. The monoisotopic (exact) mass is 739 g/mol. The van der Waals surface area contributed by atoms with Crippen LogP contribution in [0.5, 0.6) is 0 Å². The molecule has 0 aliphatic rings. The van der Waals surface area contributed by atoms with E-state index >= 15 is 0 Å². The number of unbranched alkanes of at least 4 members (excludes halogenated alkanes) is 28. The topological polar surface area (TPSA) is 40.6 Å². The lowest BCUT2D eigenvalue weighted by atomic mass is 9.94. The molecule has 0 unspecified atom stereocenters. The van der Waals surface area contributed by atoms with Crippen molar-refractivity contribution in [3.8, 4) is 0 Å². The van der Waals surface area contributed by atoms with Crippen LogP contribution in [0.2, 0.25) is 0 Å². The molecule has 4 heteroatoms. The summed E-state index contributed by atoms with van der Waals surface area (Å²) in [5.74, 6) is -0.643. The number of hydrogen-bond acceptors (Lipinski definition) is 2. The molecular weight excluding hydrogens is 649 g/mol. The Balaban J connectivity index is 3.05. The van der Waals surface area contributed by atoms with E-state index < -0.39 is 5.92 Å². The van der Waals surface area contributed by atoms with Crippen LogP contribution in [0.3, 0.4) is 0 Å². The first kappa shape index (κ1) is 49.2. The predicted octanol–water partition coefficient (Wildman–Crippen LogP) is 15.0. The van der Waals surface area contributed by atoms with E-state index in [0.717, 1.165) is 57.4 Å². The van der Waals surface area contributed by atoms with Gasteiger partial charge in [-0.1, -0.05) is 238 Å². The molecule has 4 nitrogen and oxygen atoms in total. The van der Waals surface area contributed by atoms with Gasteiger partial charge in [0.15, 0.2) is 0 Å². The summed E-state index contributed by atoms with van der Waals surface area (Å²) in [5.41, 5.74) is 0.871. The second kappa shape index (κ2) is 37.1. The summed E-state index contributed by atoms with van der Waals surface area (Å²) < 4.78 is 0. The molecule has 308 valence electrons. The number of amides is 2. The van der Waals surface area contributed by atoms with Crippen molar-refractivity contribution in [3.05, 3.63) is 35.9 Å². The van der Waals surface area contributed by atoms with Gasteiger partial charge in [-0.15, -0.1) is 0 Å². The third kappa shape index (κ3) is 26.6. The summed E-state index contributed by atoms with van der Waals surface area (Å²) in [4.78, 5) is 33.7. The summed E-state index contributed by atoms with van der Waals surface area (Å²) in [6.45, 7) is 12.2. The Labute approximate surface area is 331 Å². The Morgan fingerprint density at radius 1 is 0.358 bits per heavy atom. The Kier molecular flexibility index (Phi) is 34.4. The maximum absolute atomic E-state index is 14.7. The number of benzene rings is 1. The normalized spacial score (nSPS) is 11.4. The van der Waals surface area contributed by atoms with E-state index in [0.29, 0.717) is 0 Å². The van der Waals surface area contributed by atoms with Gasteiger partial charge in [0.1, 0.15) is 5.92 Å². The third-order valence-electron chi connectivity index (χ3n) is 11.4. The average molecular weight is 739 g/mol. The van der Waals surface area contributed by atoms with E-state index in [1.807, 2.05) is 30.3 Å². The molecule has 0 bridgehead atoms. The van der Waals surface area contributed by atoms with Gasteiger partial charge in [0.05, 0.1) is 0 Å². The van der Waals surface area contributed by atoms with Gasteiger partial charge in [0.2, 0.25) is 11.8 Å². The number of carbonyl (C=O) groups is 2. The van der Waals surface area contributed by atoms with Crippen LogP contribution in [-0.4, -0.2) is 47.8 Å². The molecule has 53 heavy (non-hydrogen) atoms. The van der Waals surface area contributed by atoms with E-state index in [1.54, 1.807) is 0 Å². The van der Waals surface area contributed by atoms with E-state index in [9.17, 15) is 9.59 Å². The highest BCUT2D eigenvalue weighted by Crippen LogP contribution is 2.24. The van der Waals surface area contributed by atoms with Crippen LogP contribution >= 0.6 is 0 Å². The molecule has 0 spiro atoms. The maximum atomic E-state index is 14.7. The van der Waals surface area contributed by atoms with Crippen molar-refractivity contribution < 1.29 is 9.59 Å². The molecule has 0 N–H and O–H groups in total. The molecule has 0 saturated carbocycles. The quantitative estimate of drug-likeness (QED) is 0.0498. The van der Waals surface area contributed by atoms with E-state index in [4.69, 9.17) is 0 Å². The van der Waals surface area contributed by atoms with Gasteiger partial charge in [-0.25, -0.2) is 0 Å². The second-order valence-electron chi connectivity index (χ2n) is 16.4. The van der Waals surface area contributed by atoms with Gasteiger partial charge in [-0.3, -0.25) is 9.59 Å². The highest BCUT2D eigenvalue weighted by Gasteiger charge is 2.35. The molecule has 1 aromatic rings. The lowest BCUT2D eigenvalue weighted by Crippen LogP contribution is -2.45. The summed E-state index contributed by atoms with van der Waals surface area (Å²) in [6, 6.07) is 10.1. The number of nitrogens with zero attached hydrogens (tertiary/aromatic N) is 2. The van der Waals surface area contributed by atoms with Crippen LogP contribution in [0.25, 0.3) is 0 Å². The fraction of sp³-hybridized carbons (Fsp3) is 0.837. The third-order valence-corrected chi connectivity index (χ3v) is 11.4. The zero-order valence-electron chi connectivity index (χ0n) is 36.1. The predicted molar refractivity (Wildman–Crippen MR) is 233 cm³/mol. The Bertz CT molecular complexity index is 838. The van der Waals surface area contributed by atoms with Crippen LogP contribution < -0.4 is 0 Å². The van der Waals surface area contributed by atoms with Crippen LogP contribution in [0.1, 0.15) is 245 Å². The van der Waals surface area contributed by atoms with Crippen molar-refractivity contribution in [2.24, 2.45) is 0 Å². The summed E-state index contributed by atoms with van der Waals surface area (Å²) in [7, 11) is 0. The lowest BCUT2D eigenvalue weighted by Gasteiger charge is -2.31. The van der Waals surface area contributed by atoms with Gasteiger partial charge in [0, 0.05) is 26.2 Å². The maximum Gasteiger partial charge on any atom is 0.239 e. The molecule has 0 aliphatic heterocycles. The van der Waals surface area contributed by atoms with Gasteiger partial charge >= 0.3 is 0 Å². The summed E-state index contributed by atoms with van der Waals surface area (Å²) in [5, 5.41) is 0. The first-order valence-electron chi connectivity index (χ1n) is 23.7. The summed E-state index contributed by atoms with van der Waals surface area (Å²) in [6.07, 6.45) is 40.1. The number of rotatable bonds is 39. The minimum atomic E-state index is -0.734. The Morgan fingerprint density at radius 3 is 0.830 bits per heavy atom. The van der Waals surface area contributed by atoms with Crippen LogP contribution in [-0.2, 0) is 9.59 Å². The van der Waals surface area contributed by atoms with E-state index in [1.165, 1.54) is 180 Å². The number of hydrogen-bond donors (Lipinski definition) is 0. The standard InChI is InChI=1S/C49H90N2O2/c1-5-9-13-17-21-25-29-36-42-50(43-37-30-26-22-18-14-10-6-2)48(52)47(46-40-34-33-35-41-46)49(53)51(44-38-31-27-23-19-15-11-7-3)45-39-32-28-24-20-16-12-8-4/h33-35,40-41,47H,5-32,36-39,42-45H2,1-4H3. The van der Waals surface area contributed by atoms with E-state index in [-0.39, 0.29) is 11.8 Å². The minimum Gasteiger partial charge on any atom is -0.342 e. The van der Waals surface area contributed by atoms with Gasteiger partial charge in [0.25, 0.3) is 0 Å². The molecule has 1 rings (SSSR count). The SMILES string of the molecule is CCCCCCCCCCN(CCCCCCCCCC)C(=O)C(C(=O)N(CCCCCCCCCC)CCCCCCCCCC)c1ccccc1. The second-order valence-corrected chi connectivity index (χ2v) is 16.4. The Morgan fingerprint density at radius 2 is 0.585 bits per heavy atom. The zero-order valence-corrected chi connectivity index (χ0v) is 36.1. The van der Waals surface area contributed by atoms with Crippen molar-refractivity contribution in [2.75, 3.05) is 26.2 Å². The largest absolute Gasteiger partial charge is 0.342 e. The van der Waals surface area contributed by atoms with E-state index in [2.05, 4.69) is 37.5 Å². The molecule has 1 aromatic carbocycles. The molecular formula is C49H90N2O2. The van der Waals surface area contributed by atoms with Gasteiger partial charge < -0.3 is 9.80 Å². The molecule has 0 atom stereocenters. The molecule has 0 aliphatic carbocycles. The van der Waals surface area contributed by atoms with Crippen molar-refractivity contribution >= 4 is 11.8 Å². The van der Waals surface area contributed by atoms with Crippen LogP contribution in [0.4, 0.5) is 0 Å². The minimum absolute atomic E-state index is 0.0453. The van der Waals surface area contributed by atoms with Crippen LogP contribution in [0.15, 0.2) is 30.3 Å². The average Bonchev–Trinajstić information content (AvgIpc) is 3.17. The van der Waals surface area contributed by atoms with Crippen molar-refractivity contribution in [1.29, 1.82) is 0 Å². The highest BCUT2D eigenvalue weighted by atomic mass is 16.2. The molecule has 0 heterocycles. The number of carbonyl (C=O) groups excluding carboxylic acids is 2. The molecule has 0 fully saturated rings. The molecule has 2 amide bonds. The lowest BCUT2D eigenvalue weighted by molar-refractivity contribution is -0.143. The van der Waals surface area contributed by atoms with Gasteiger partial charge in [-0.05, 0) is 31.2 Å². The van der Waals surface area contributed by atoms with Crippen molar-refractivity contribution in [3.63, 3.8) is 0 Å². The Hall–Kier alpha value is -1.84. The smallest absolute Gasteiger partial charge is 0.239 e. The van der Waals surface area contributed by atoms with Gasteiger partial charge in [-0.2, -0.15) is 0 Å². The highest BCUT2D eigenvalue weighted by molar-refractivity contribution is 6.05. The van der Waals surface area contributed by atoms with Crippen molar-refractivity contribution in [1.82, 2.24) is 9.80 Å². The molecule has 0 saturated heterocycles. The zero-order chi connectivity index (χ0) is 38.5. The molecule has 0 aromatic heterocycles. The fourth-order valence-electron chi connectivity index (χ4n) is 7.81.